The molecule has 0 aliphatic rings. The van der Waals surface area contributed by atoms with Gasteiger partial charge in [-0.15, -0.1) is 11.3 Å². The topological polar surface area (TPSA) is 66.4 Å². The highest BCUT2D eigenvalue weighted by atomic mass is 35.5. The van der Waals surface area contributed by atoms with E-state index >= 15 is 0 Å². The summed E-state index contributed by atoms with van der Waals surface area (Å²) in [5.74, 6) is -0.270. The SMILES string of the molecule is O=C(NN=Cc1ccccc1)c1ccc(Nc2nc(-c3ccc(Cl)cc3)cs2)cc1. The van der Waals surface area contributed by atoms with Crippen LogP contribution in [-0.4, -0.2) is 17.1 Å². The van der Waals surface area contributed by atoms with Crippen molar-refractivity contribution in [1.82, 2.24) is 10.4 Å². The molecule has 1 heterocycles. The van der Waals surface area contributed by atoms with Crippen LogP contribution in [0.3, 0.4) is 0 Å². The second-order valence-corrected chi connectivity index (χ2v) is 7.65. The summed E-state index contributed by atoms with van der Waals surface area (Å²) in [6.07, 6.45) is 1.61. The Balaban J connectivity index is 1.36. The molecule has 0 atom stereocenters. The Hall–Kier alpha value is -3.48. The molecule has 2 N–H and O–H groups in total. The first-order valence-corrected chi connectivity index (χ1v) is 10.4. The zero-order chi connectivity index (χ0) is 20.8. The van der Waals surface area contributed by atoms with Gasteiger partial charge in [0.15, 0.2) is 5.13 Å². The second kappa shape index (κ2) is 9.35. The molecule has 7 heteroatoms. The van der Waals surface area contributed by atoms with Crippen LogP contribution in [0.4, 0.5) is 10.8 Å². The van der Waals surface area contributed by atoms with Gasteiger partial charge in [0, 0.05) is 27.2 Å². The van der Waals surface area contributed by atoms with Crippen molar-refractivity contribution >= 4 is 45.9 Å². The number of thiazole rings is 1. The molecule has 0 bridgehead atoms. The Morgan fingerprint density at radius 2 is 1.70 bits per heavy atom. The average molecular weight is 433 g/mol. The zero-order valence-corrected chi connectivity index (χ0v) is 17.3. The number of hydrogen-bond donors (Lipinski definition) is 2. The number of rotatable bonds is 6. The van der Waals surface area contributed by atoms with Crippen molar-refractivity contribution < 1.29 is 4.79 Å². The highest BCUT2D eigenvalue weighted by Crippen LogP contribution is 2.28. The van der Waals surface area contributed by atoms with Crippen molar-refractivity contribution in [3.63, 3.8) is 0 Å². The lowest BCUT2D eigenvalue weighted by Gasteiger charge is -2.04. The van der Waals surface area contributed by atoms with E-state index in [1.54, 1.807) is 18.3 Å². The van der Waals surface area contributed by atoms with E-state index in [1.165, 1.54) is 11.3 Å². The standard InChI is InChI=1S/C23H17ClN4OS/c24-19-10-6-17(7-11-19)21-15-30-23(27-21)26-20-12-8-18(9-13-20)22(29)28-25-14-16-4-2-1-3-5-16/h1-15H,(H,26,27)(H,28,29). The Labute approximate surface area is 183 Å². The number of hydrogen-bond acceptors (Lipinski definition) is 5. The number of nitrogens with one attached hydrogen (secondary N) is 2. The number of benzene rings is 3. The molecule has 1 amide bonds. The minimum absolute atomic E-state index is 0.270. The maximum atomic E-state index is 12.2. The fraction of sp³-hybridized carbons (Fsp3) is 0. The van der Waals surface area contributed by atoms with Gasteiger partial charge in [-0.3, -0.25) is 4.79 Å². The van der Waals surface area contributed by atoms with Crippen LogP contribution >= 0.6 is 22.9 Å². The lowest BCUT2D eigenvalue weighted by Crippen LogP contribution is -2.17. The minimum Gasteiger partial charge on any atom is -0.332 e. The maximum Gasteiger partial charge on any atom is 0.271 e. The molecule has 0 radical (unpaired) electrons. The number of hydrazone groups is 1. The molecule has 0 aliphatic heterocycles. The first-order chi connectivity index (χ1) is 14.7. The number of carbonyl (C=O) groups excluding carboxylic acids is 1. The fourth-order valence-corrected chi connectivity index (χ4v) is 3.55. The largest absolute Gasteiger partial charge is 0.332 e. The van der Waals surface area contributed by atoms with Gasteiger partial charge in [-0.25, -0.2) is 10.4 Å². The number of halogens is 1. The molecule has 5 nitrogen and oxygen atoms in total. The summed E-state index contributed by atoms with van der Waals surface area (Å²) in [5.41, 5.74) is 6.70. The third-order valence-electron chi connectivity index (χ3n) is 4.22. The molecule has 0 unspecified atom stereocenters. The van der Waals surface area contributed by atoms with Crippen LogP contribution in [-0.2, 0) is 0 Å². The van der Waals surface area contributed by atoms with Crippen LogP contribution < -0.4 is 10.7 Å². The molecule has 0 spiro atoms. The second-order valence-electron chi connectivity index (χ2n) is 6.36. The third-order valence-corrected chi connectivity index (χ3v) is 5.23. The molecular weight excluding hydrogens is 416 g/mol. The molecule has 0 saturated carbocycles. The van der Waals surface area contributed by atoms with E-state index in [0.717, 1.165) is 27.6 Å². The van der Waals surface area contributed by atoms with Gasteiger partial charge in [0.2, 0.25) is 0 Å². The normalized spacial score (nSPS) is 10.8. The molecular formula is C23H17ClN4OS. The fourth-order valence-electron chi connectivity index (χ4n) is 2.68. The molecule has 148 valence electrons. The van der Waals surface area contributed by atoms with Gasteiger partial charge < -0.3 is 5.32 Å². The van der Waals surface area contributed by atoms with Gasteiger partial charge in [0.25, 0.3) is 5.91 Å². The van der Waals surface area contributed by atoms with E-state index in [0.29, 0.717) is 10.6 Å². The molecule has 3 aromatic carbocycles. The van der Waals surface area contributed by atoms with E-state index in [9.17, 15) is 4.79 Å². The summed E-state index contributed by atoms with van der Waals surface area (Å²) >= 11 is 7.45. The van der Waals surface area contributed by atoms with E-state index < -0.39 is 0 Å². The van der Waals surface area contributed by atoms with Crippen molar-refractivity contribution in [3.8, 4) is 11.3 Å². The van der Waals surface area contributed by atoms with E-state index in [-0.39, 0.29) is 5.91 Å². The maximum absolute atomic E-state index is 12.2. The highest BCUT2D eigenvalue weighted by molar-refractivity contribution is 7.14. The molecule has 30 heavy (non-hydrogen) atoms. The Kier molecular flexibility index (Phi) is 6.17. The predicted molar refractivity (Wildman–Crippen MR) is 124 cm³/mol. The summed E-state index contributed by atoms with van der Waals surface area (Å²) < 4.78 is 0. The number of anilines is 2. The van der Waals surface area contributed by atoms with Crippen molar-refractivity contribution in [2.24, 2.45) is 5.10 Å². The lowest BCUT2D eigenvalue weighted by atomic mass is 10.2. The zero-order valence-electron chi connectivity index (χ0n) is 15.7. The molecule has 0 saturated heterocycles. The number of carbonyl (C=O) groups is 1. The summed E-state index contributed by atoms with van der Waals surface area (Å²) in [7, 11) is 0. The van der Waals surface area contributed by atoms with Crippen LogP contribution in [0, 0.1) is 0 Å². The lowest BCUT2D eigenvalue weighted by molar-refractivity contribution is 0.0955. The summed E-state index contributed by atoms with van der Waals surface area (Å²) in [6, 6.07) is 24.3. The molecule has 4 aromatic rings. The molecule has 1 aromatic heterocycles. The van der Waals surface area contributed by atoms with Gasteiger partial charge in [-0.1, -0.05) is 54.1 Å². The number of aromatic nitrogens is 1. The number of nitrogens with zero attached hydrogens (tertiary/aromatic N) is 2. The van der Waals surface area contributed by atoms with Crippen LogP contribution in [0.5, 0.6) is 0 Å². The van der Waals surface area contributed by atoms with Crippen LogP contribution in [0.25, 0.3) is 11.3 Å². The van der Waals surface area contributed by atoms with Gasteiger partial charge in [0.1, 0.15) is 0 Å². The molecule has 0 fully saturated rings. The first-order valence-electron chi connectivity index (χ1n) is 9.14. The van der Waals surface area contributed by atoms with E-state index in [1.807, 2.05) is 72.1 Å². The Bertz CT molecular complexity index is 1160. The van der Waals surface area contributed by atoms with Crippen molar-refractivity contribution in [3.05, 3.63) is 100 Å². The first kappa shape index (κ1) is 19.8. The van der Waals surface area contributed by atoms with Gasteiger partial charge in [0.05, 0.1) is 11.9 Å². The van der Waals surface area contributed by atoms with Gasteiger partial charge in [-0.2, -0.15) is 5.10 Å². The molecule has 4 rings (SSSR count). The summed E-state index contributed by atoms with van der Waals surface area (Å²) in [4.78, 5) is 16.8. The quantitative estimate of drug-likeness (QED) is 0.291. The third kappa shape index (κ3) is 5.11. The van der Waals surface area contributed by atoms with Crippen LogP contribution in [0.15, 0.2) is 89.3 Å². The Morgan fingerprint density at radius 1 is 0.967 bits per heavy atom. The Morgan fingerprint density at radius 3 is 2.43 bits per heavy atom. The average Bonchev–Trinajstić information content (AvgIpc) is 3.24. The monoisotopic (exact) mass is 432 g/mol. The predicted octanol–water partition coefficient (Wildman–Crippen LogP) is 5.97. The van der Waals surface area contributed by atoms with Crippen molar-refractivity contribution in [1.29, 1.82) is 0 Å². The van der Waals surface area contributed by atoms with Crippen molar-refractivity contribution in [2.45, 2.75) is 0 Å². The van der Waals surface area contributed by atoms with Gasteiger partial charge >= 0.3 is 0 Å². The minimum atomic E-state index is -0.270. The van der Waals surface area contributed by atoms with Gasteiger partial charge in [-0.05, 0) is 42.0 Å². The van der Waals surface area contributed by atoms with Crippen molar-refractivity contribution in [2.75, 3.05) is 5.32 Å². The van der Waals surface area contributed by atoms with E-state index in [2.05, 4.69) is 20.8 Å². The smallest absolute Gasteiger partial charge is 0.271 e. The molecule has 0 aliphatic carbocycles. The number of amides is 1. The summed E-state index contributed by atoms with van der Waals surface area (Å²) in [5, 5.41) is 10.7. The highest BCUT2D eigenvalue weighted by Gasteiger charge is 2.07. The summed E-state index contributed by atoms with van der Waals surface area (Å²) in [6.45, 7) is 0. The van der Waals surface area contributed by atoms with Crippen LogP contribution in [0.1, 0.15) is 15.9 Å². The van der Waals surface area contributed by atoms with E-state index in [4.69, 9.17) is 11.6 Å². The van der Waals surface area contributed by atoms with Crippen LogP contribution in [0.2, 0.25) is 5.02 Å².